The molecule has 0 atom stereocenters. The summed E-state index contributed by atoms with van der Waals surface area (Å²) in [6, 6.07) is 3.58. The molecule has 15 heavy (non-hydrogen) atoms. The maximum atomic E-state index is 9.91. The Bertz CT molecular complexity index is 603. The van der Waals surface area contributed by atoms with Gasteiger partial charge in [0.15, 0.2) is 0 Å². The predicted octanol–water partition coefficient (Wildman–Crippen LogP) is 2.05. The number of aromatic nitrogens is 3. The van der Waals surface area contributed by atoms with E-state index in [0.29, 0.717) is 16.1 Å². The van der Waals surface area contributed by atoms with Crippen molar-refractivity contribution in [1.82, 2.24) is 15.1 Å². The molecule has 3 rings (SSSR count). The molecule has 3 heterocycles. The Balaban J connectivity index is 2.33. The minimum Gasteiger partial charge on any atom is -0.506 e. The second-order valence-corrected chi connectivity index (χ2v) is 3.89. The smallest absolute Gasteiger partial charge is 0.216 e. The van der Waals surface area contributed by atoms with E-state index in [1.165, 1.54) is 17.7 Å². The number of fused-ring (bicyclic) bond motifs is 1. The topological polar surface area (TPSA) is 72.0 Å². The predicted molar refractivity (Wildman–Crippen MR) is 54.6 cm³/mol. The molecular weight excluding hydrogens is 214 g/mol. The molecule has 0 saturated heterocycles. The van der Waals surface area contributed by atoms with Crippen LogP contribution in [-0.4, -0.2) is 20.2 Å². The van der Waals surface area contributed by atoms with Gasteiger partial charge in [0.2, 0.25) is 12.2 Å². The summed E-state index contributed by atoms with van der Waals surface area (Å²) in [5.74, 6) is 0.542. The van der Waals surface area contributed by atoms with Gasteiger partial charge in [-0.15, -0.1) is 11.3 Å². The van der Waals surface area contributed by atoms with Crippen molar-refractivity contribution in [3.05, 3.63) is 24.7 Å². The average molecular weight is 219 g/mol. The lowest BCUT2D eigenvalue weighted by atomic mass is 10.3. The molecule has 0 spiro atoms. The summed E-state index contributed by atoms with van der Waals surface area (Å²) in [6.45, 7) is 0. The van der Waals surface area contributed by atoms with Gasteiger partial charge in [0.1, 0.15) is 15.5 Å². The number of thiophene rings is 1. The second kappa shape index (κ2) is 3.03. The highest BCUT2D eigenvalue weighted by Gasteiger charge is 2.16. The first-order valence-corrected chi connectivity index (χ1v) is 5.01. The molecule has 3 aromatic rings. The molecule has 74 valence electrons. The Labute approximate surface area is 88.0 Å². The lowest BCUT2D eigenvalue weighted by Gasteiger charge is -1.89. The van der Waals surface area contributed by atoms with Gasteiger partial charge in [-0.2, -0.15) is 4.98 Å². The van der Waals surface area contributed by atoms with Crippen LogP contribution in [0.1, 0.15) is 0 Å². The standard InChI is InChI=1S/C9H5N3O2S/c13-6-5-2-1-3-10-9(5)15-7(6)8-11-4-14-12-8/h1-4,13H. The molecular formula is C9H5N3O2S. The molecule has 0 radical (unpaired) electrons. The van der Waals surface area contributed by atoms with Crippen LogP contribution >= 0.6 is 11.3 Å². The lowest BCUT2D eigenvalue weighted by Crippen LogP contribution is -1.74. The van der Waals surface area contributed by atoms with Crippen LogP contribution in [0.5, 0.6) is 5.75 Å². The normalized spacial score (nSPS) is 10.9. The van der Waals surface area contributed by atoms with E-state index in [-0.39, 0.29) is 5.75 Å². The van der Waals surface area contributed by atoms with E-state index in [0.717, 1.165) is 4.83 Å². The molecule has 0 aliphatic carbocycles. The number of rotatable bonds is 1. The molecule has 0 aliphatic heterocycles. The third-order valence-corrected chi connectivity index (χ3v) is 3.10. The average Bonchev–Trinajstić information content (AvgIpc) is 2.87. The maximum Gasteiger partial charge on any atom is 0.216 e. The molecule has 0 fully saturated rings. The molecule has 3 aromatic heterocycles. The molecule has 0 aliphatic rings. The zero-order chi connectivity index (χ0) is 10.3. The highest BCUT2D eigenvalue weighted by atomic mass is 32.1. The van der Waals surface area contributed by atoms with Crippen LogP contribution in [0.4, 0.5) is 0 Å². The van der Waals surface area contributed by atoms with Crippen molar-refractivity contribution in [3.63, 3.8) is 0 Å². The molecule has 0 aromatic carbocycles. The van der Waals surface area contributed by atoms with Crippen molar-refractivity contribution in [2.45, 2.75) is 0 Å². The third-order valence-electron chi connectivity index (χ3n) is 2.00. The molecule has 6 heteroatoms. The second-order valence-electron chi connectivity index (χ2n) is 2.89. The van der Waals surface area contributed by atoms with Crippen LogP contribution in [0.3, 0.4) is 0 Å². The van der Waals surface area contributed by atoms with Crippen molar-refractivity contribution in [2.24, 2.45) is 0 Å². The lowest BCUT2D eigenvalue weighted by molar-refractivity contribution is 0.418. The van der Waals surface area contributed by atoms with Crippen molar-refractivity contribution < 1.29 is 9.63 Å². The molecule has 0 saturated carbocycles. The number of hydrogen-bond acceptors (Lipinski definition) is 6. The van der Waals surface area contributed by atoms with Gasteiger partial charge in [-0.1, -0.05) is 5.16 Å². The molecule has 1 N–H and O–H groups in total. The third kappa shape index (κ3) is 1.18. The van der Waals surface area contributed by atoms with Crippen molar-refractivity contribution in [3.8, 4) is 16.5 Å². The van der Waals surface area contributed by atoms with Gasteiger partial charge < -0.3 is 9.63 Å². The number of aromatic hydroxyl groups is 1. The zero-order valence-corrected chi connectivity index (χ0v) is 8.23. The van der Waals surface area contributed by atoms with Gasteiger partial charge in [0, 0.05) is 6.20 Å². The SMILES string of the molecule is Oc1c(-c2ncon2)sc2ncccc12. The van der Waals surface area contributed by atoms with E-state index in [1.807, 2.05) is 0 Å². The fourth-order valence-electron chi connectivity index (χ4n) is 1.34. The van der Waals surface area contributed by atoms with Gasteiger partial charge in [-0.05, 0) is 12.1 Å². The monoisotopic (exact) mass is 219 g/mol. The van der Waals surface area contributed by atoms with Gasteiger partial charge in [0.05, 0.1) is 5.39 Å². The number of pyridine rings is 1. The zero-order valence-electron chi connectivity index (χ0n) is 7.41. The number of hydrogen-bond donors (Lipinski definition) is 1. The minimum atomic E-state index is 0.157. The maximum absolute atomic E-state index is 9.91. The fraction of sp³-hybridized carbons (Fsp3) is 0. The van der Waals surface area contributed by atoms with Crippen LogP contribution in [-0.2, 0) is 0 Å². The summed E-state index contributed by atoms with van der Waals surface area (Å²) in [5, 5.41) is 14.3. The van der Waals surface area contributed by atoms with Crippen molar-refractivity contribution in [1.29, 1.82) is 0 Å². The van der Waals surface area contributed by atoms with Crippen molar-refractivity contribution >= 4 is 21.6 Å². The largest absolute Gasteiger partial charge is 0.506 e. The van der Waals surface area contributed by atoms with Gasteiger partial charge in [-0.3, -0.25) is 0 Å². The summed E-state index contributed by atoms with van der Waals surface area (Å²) in [7, 11) is 0. The Morgan fingerprint density at radius 2 is 2.27 bits per heavy atom. The summed E-state index contributed by atoms with van der Waals surface area (Å²) in [6.07, 6.45) is 2.91. The van der Waals surface area contributed by atoms with E-state index in [2.05, 4.69) is 19.6 Å². The minimum absolute atomic E-state index is 0.157. The molecule has 0 amide bonds. The van der Waals surface area contributed by atoms with Gasteiger partial charge in [-0.25, -0.2) is 4.98 Å². The van der Waals surface area contributed by atoms with E-state index in [1.54, 1.807) is 18.3 Å². The summed E-state index contributed by atoms with van der Waals surface area (Å²) >= 11 is 1.34. The summed E-state index contributed by atoms with van der Waals surface area (Å²) in [5.41, 5.74) is 0. The van der Waals surface area contributed by atoms with Crippen LogP contribution in [0.2, 0.25) is 0 Å². The van der Waals surface area contributed by atoms with Crippen LogP contribution in [0.15, 0.2) is 29.2 Å². The van der Waals surface area contributed by atoms with Crippen molar-refractivity contribution in [2.75, 3.05) is 0 Å². The van der Waals surface area contributed by atoms with Gasteiger partial charge in [0.25, 0.3) is 0 Å². The Kier molecular flexibility index (Phi) is 1.69. The Morgan fingerprint density at radius 3 is 3.00 bits per heavy atom. The molecule has 0 bridgehead atoms. The molecule has 5 nitrogen and oxygen atoms in total. The fourth-order valence-corrected chi connectivity index (χ4v) is 2.31. The first-order chi connectivity index (χ1) is 7.36. The van der Waals surface area contributed by atoms with Gasteiger partial charge >= 0.3 is 0 Å². The Morgan fingerprint density at radius 1 is 1.33 bits per heavy atom. The molecule has 0 unspecified atom stereocenters. The van der Waals surface area contributed by atoms with E-state index < -0.39 is 0 Å². The Hall–Kier alpha value is -1.95. The number of nitrogens with zero attached hydrogens (tertiary/aromatic N) is 3. The van der Waals surface area contributed by atoms with Crippen LogP contribution in [0.25, 0.3) is 20.9 Å². The van der Waals surface area contributed by atoms with E-state index in [4.69, 9.17) is 0 Å². The van der Waals surface area contributed by atoms with E-state index in [9.17, 15) is 5.11 Å². The quantitative estimate of drug-likeness (QED) is 0.678. The highest BCUT2D eigenvalue weighted by Crippen LogP contribution is 2.40. The first kappa shape index (κ1) is 8.37. The van der Waals surface area contributed by atoms with Crippen LogP contribution < -0.4 is 0 Å². The van der Waals surface area contributed by atoms with E-state index >= 15 is 0 Å². The first-order valence-electron chi connectivity index (χ1n) is 4.19. The summed E-state index contributed by atoms with van der Waals surface area (Å²) in [4.78, 5) is 9.37. The van der Waals surface area contributed by atoms with Crippen LogP contribution in [0, 0.1) is 0 Å². The highest BCUT2D eigenvalue weighted by molar-refractivity contribution is 7.22. The summed E-state index contributed by atoms with van der Waals surface area (Å²) < 4.78 is 4.63.